The Morgan fingerprint density at radius 1 is 1.33 bits per heavy atom. The first-order valence-electron chi connectivity index (χ1n) is 3.36. The van der Waals surface area contributed by atoms with E-state index in [-0.39, 0.29) is 0 Å². The Hall–Kier alpha value is -1.34. The van der Waals surface area contributed by atoms with Gasteiger partial charge in [0.25, 0.3) is 0 Å². The van der Waals surface area contributed by atoms with Crippen molar-refractivity contribution in [2.24, 2.45) is 0 Å². The molecular formula is C8H9N3S. The first-order valence-corrected chi connectivity index (χ1v) is 4.18. The van der Waals surface area contributed by atoms with E-state index in [1.165, 1.54) is 0 Å². The molecule has 0 spiro atoms. The van der Waals surface area contributed by atoms with Gasteiger partial charge in [-0.25, -0.2) is 0 Å². The number of nitrogens with zero attached hydrogens (tertiary/aromatic N) is 1. The number of nitrogen functional groups attached to an aromatic ring is 2. The van der Waals surface area contributed by atoms with E-state index in [2.05, 4.69) is 0 Å². The number of benzene rings is 1. The molecule has 0 saturated carbocycles. The Labute approximate surface area is 75.4 Å². The molecule has 1 aromatic carbocycles. The summed E-state index contributed by atoms with van der Waals surface area (Å²) in [6.45, 7) is 1.90. The largest absolute Gasteiger partial charge is 0.397 e. The third-order valence-corrected chi connectivity index (χ3v) is 2.29. The maximum Gasteiger partial charge on any atom is 0.138 e. The number of hydrogen-bond acceptors (Lipinski definition) is 4. The number of rotatable bonds is 1. The fourth-order valence-corrected chi connectivity index (χ4v) is 1.39. The molecule has 62 valence electrons. The second kappa shape index (κ2) is 3.37. The summed E-state index contributed by atoms with van der Waals surface area (Å²) < 4.78 is 0. The van der Waals surface area contributed by atoms with Gasteiger partial charge in [0, 0.05) is 4.90 Å². The molecule has 0 fully saturated rings. The molecule has 0 bridgehead atoms. The molecule has 4 N–H and O–H groups in total. The van der Waals surface area contributed by atoms with Gasteiger partial charge in [-0.15, -0.1) is 0 Å². The first-order chi connectivity index (χ1) is 5.65. The lowest BCUT2D eigenvalue weighted by molar-refractivity contribution is 1.31. The molecule has 0 saturated heterocycles. The predicted molar refractivity (Wildman–Crippen MR) is 51.5 cm³/mol. The average Bonchev–Trinajstić information content (AvgIpc) is 2.01. The number of nitrogens with two attached hydrogens (primary N) is 2. The van der Waals surface area contributed by atoms with Crippen molar-refractivity contribution in [3.8, 4) is 5.40 Å². The molecule has 0 amide bonds. The number of thioether (sulfide) groups is 1. The standard InChI is InChI=1S/C8H9N3S/c1-5-2-6(10)7(11)3-8(5)12-4-9/h2-3H,10-11H2,1H3. The van der Waals surface area contributed by atoms with Crippen molar-refractivity contribution in [3.05, 3.63) is 17.7 Å². The minimum Gasteiger partial charge on any atom is -0.397 e. The van der Waals surface area contributed by atoms with Crippen molar-refractivity contribution in [1.29, 1.82) is 5.26 Å². The summed E-state index contributed by atoms with van der Waals surface area (Å²) in [5.74, 6) is 0. The normalized spacial score (nSPS) is 9.33. The zero-order valence-electron chi connectivity index (χ0n) is 6.66. The summed E-state index contributed by atoms with van der Waals surface area (Å²) in [7, 11) is 0. The van der Waals surface area contributed by atoms with Crippen LogP contribution < -0.4 is 11.5 Å². The van der Waals surface area contributed by atoms with Crippen molar-refractivity contribution < 1.29 is 0 Å². The van der Waals surface area contributed by atoms with Crippen LogP contribution in [0.4, 0.5) is 11.4 Å². The number of aryl methyl sites for hydroxylation is 1. The van der Waals surface area contributed by atoms with Gasteiger partial charge in [-0.2, -0.15) is 5.26 Å². The lowest BCUT2D eigenvalue weighted by Gasteiger charge is -2.04. The Balaban J connectivity index is 3.16. The molecule has 12 heavy (non-hydrogen) atoms. The first kappa shape index (κ1) is 8.75. The molecule has 0 atom stereocenters. The zero-order valence-corrected chi connectivity index (χ0v) is 7.48. The summed E-state index contributed by atoms with van der Waals surface area (Å²) in [6.07, 6.45) is 0. The number of nitriles is 1. The van der Waals surface area contributed by atoms with Crippen LogP contribution in [0.3, 0.4) is 0 Å². The van der Waals surface area contributed by atoms with E-state index in [9.17, 15) is 0 Å². The van der Waals surface area contributed by atoms with Gasteiger partial charge in [0.05, 0.1) is 11.4 Å². The Morgan fingerprint density at radius 2 is 1.92 bits per heavy atom. The van der Waals surface area contributed by atoms with Gasteiger partial charge in [0.2, 0.25) is 0 Å². The van der Waals surface area contributed by atoms with Crippen molar-refractivity contribution in [2.75, 3.05) is 11.5 Å². The van der Waals surface area contributed by atoms with Crippen molar-refractivity contribution in [3.63, 3.8) is 0 Å². The minimum absolute atomic E-state index is 0.526. The van der Waals surface area contributed by atoms with Gasteiger partial charge in [-0.1, -0.05) is 0 Å². The highest BCUT2D eigenvalue weighted by Gasteiger charge is 2.02. The molecule has 0 heterocycles. The van der Waals surface area contributed by atoms with Crippen LogP contribution in [0.1, 0.15) is 5.56 Å². The third-order valence-electron chi connectivity index (χ3n) is 1.54. The van der Waals surface area contributed by atoms with Gasteiger partial charge in [0.1, 0.15) is 5.40 Å². The van der Waals surface area contributed by atoms with Gasteiger partial charge in [-0.3, -0.25) is 0 Å². The van der Waals surface area contributed by atoms with Crippen molar-refractivity contribution in [1.82, 2.24) is 0 Å². The van der Waals surface area contributed by atoms with Crippen molar-refractivity contribution in [2.45, 2.75) is 11.8 Å². The minimum atomic E-state index is 0.526. The van der Waals surface area contributed by atoms with E-state index in [1.807, 2.05) is 12.3 Å². The average molecular weight is 179 g/mol. The highest BCUT2D eigenvalue weighted by molar-refractivity contribution is 8.03. The van der Waals surface area contributed by atoms with Crippen LogP contribution in [0.25, 0.3) is 0 Å². The van der Waals surface area contributed by atoms with Crippen LogP contribution in [-0.2, 0) is 0 Å². The highest BCUT2D eigenvalue weighted by atomic mass is 32.2. The quantitative estimate of drug-likeness (QED) is 0.391. The van der Waals surface area contributed by atoms with Gasteiger partial charge >= 0.3 is 0 Å². The lowest BCUT2D eigenvalue weighted by Crippen LogP contribution is -1.95. The summed E-state index contributed by atoms with van der Waals surface area (Å²) in [5.41, 5.74) is 13.2. The van der Waals surface area contributed by atoms with Gasteiger partial charge in [0.15, 0.2) is 0 Å². The van der Waals surface area contributed by atoms with E-state index in [4.69, 9.17) is 16.7 Å². The summed E-state index contributed by atoms with van der Waals surface area (Å²) >= 11 is 1.09. The van der Waals surface area contributed by atoms with Crippen molar-refractivity contribution >= 4 is 23.1 Å². The van der Waals surface area contributed by atoms with Crippen LogP contribution in [0, 0.1) is 17.6 Å². The molecule has 0 aromatic heterocycles. The van der Waals surface area contributed by atoms with Crippen LogP contribution in [-0.4, -0.2) is 0 Å². The van der Waals surface area contributed by atoms with Gasteiger partial charge in [-0.05, 0) is 36.4 Å². The maximum atomic E-state index is 8.45. The summed E-state index contributed by atoms with van der Waals surface area (Å²) in [5, 5.41) is 10.4. The lowest BCUT2D eigenvalue weighted by atomic mass is 10.2. The molecule has 0 aliphatic rings. The van der Waals surface area contributed by atoms with E-state index in [0.29, 0.717) is 11.4 Å². The van der Waals surface area contributed by atoms with Crippen LogP contribution >= 0.6 is 11.8 Å². The molecular weight excluding hydrogens is 170 g/mol. The second-order valence-electron chi connectivity index (χ2n) is 2.44. The highest BCUT2D eigenvalue weighted by Crippen LogP contribution is 2.27. The van der Waals surface area contributed by atoms with Crippen LogP contribution in [0.2, 0.25) is 0 Å². The van der Waals surface area contributed by atoms with E-state index < -0.39 is 0 Å². The number of hydrogen-bond donors (Lipinski definition) is 2. The second-order valence-corrected chi connectivity index (χ2v) is 3.27. The van der Waals surface area contributed by atoms with Gasteiger partial charge < -0.3 is 11.5 Å². The number of anilines is 2. The molecule has 0 aliphatic carbocycles. The molecule has 4 heteroatoms. The van der Waals surface area contributed by atoms with E-state index >= 15 is 0 Å². The van der Waals surface area contributed by atoms with Crippen LogP contribution in [0.15, 0.2) is 17.0 Å². The molecule has 1 rings (SSSR count). The Morgan fingerprint density at radius 3 is 2.50 bits per heavy atom. The molecule has 0 unspecified atom stereocenters. The SMILES string of the molecule is Cc1cc(N)c(N)cc1SC#N. The van der Waals surface area contributed by atoms with Crippen LogP contribution in [0.5, 0.6) is 0 Å². The van der Waals surface area contributed by atoms with E-state index in [1.54, 1.807) is 12.1 Å². The predicted octanol–water partition coefficient (Wildman–Crippen LogP) is 1.73. The summed E-state index contributed by atoms with van der Waals surface area (Å²) in [6, 6.07) is 3.49. The Kier molecular flexibility index (Phi) is 2.46. The maximum absolute atomic E-state index is 8.45. The summed E-state index contributed by atoms with van der Waals surface area (Å²) in [4.78, 5) is 0.865. The fourth-order valence-electron chi connectivity index (χ4n) is 0.885. The monoisotopic (exact) mass is 179 g/mol. The topological polar surface area (TPSA) is 75.8 Å². The number of thiocyanates is 1. The molecule has 0 aliphatic heterocycles. The molecule has 3 nitrogen and oxygen atoms in total. The molecule has 1 aromatic rings. The zero-order chi connectivity index (χ0) is 9.14. The van der Waals surface area contributed by atoms with E-state index in [0.717, 1.165) is 22.2 Å². The third kappa shape index (κ3) is 1.63. The smallest absolute Gasteiger partial charge is 0.138 e. The molecule has 0 radical (unpaired) electrons. The fraction of sp³-hybridized carbons (Fsp3) is 0.125. The Bertz CT molecular complexity index is 341.